The number of hydrogen-bond acceptors (Lipinski definition) is 7. The van der Waals surface area contributed by atoms with Crippen molar-refractivity contribution in [2.75, 3.05) is 32.5 Å². The van der Waals surface area contributed by atoms with Crippen LogP contribution in [0.25, 0.3) is 10.9 Å². The summed E-state index contributed by atoms with van der Waals surface area (Å²) in [5, 5.41) is 18.0. The second kappa shape index (κ2) is 10.8. The lowest BCUT2D eigenvalue weighted by atomic mass is 9.84. The number of halogens is 1. The molecule has 0 radical (unpaired) electrons. The van der Waals surface area contributed by atoms with Gasteiger partial charge in [-0.1, -0.05) is 30.3 Å². The van der Waals surface area contributed by atoms with Gasteiger partial charge < -0.3 is 10.3 Å². The fraction of sp³-hybridized carbons (Fsp3) is 0.321. The maximum Gasteiger partial charge on any atom is 0.261 e. The number of benzene rings is 2. The SMILES string of the molecule is CN(C)S(=O)(=O)c1ccccc1Nc1nn(C2(CC#N)CCN(Cc3ccccc3F)CC2)c2cc[nH]c(=O)c12. The van der Waals surface area contributed by atoms with Crippen LogP contribution in [0.2, 0.25) is 0 Å². The lowest BCUT2D eigenvalue weighted by molar-refractivity contribution is 0.101. The number of nitriles is 1. The average molecular weight is 564 g/mol. The predicted octanol–water partition coefficient (Wildman–Crippen LogP) is 3.76. The number of nitrogens with one attached hydrogen (secondary N) is 2. The van der Waals surface area contributed by atoms with Crippen LogP contribution < -0.4 is 10.9 Å². The smallest absolute Gasteiger partial charge is 0.261 e. The molecule has 0 bridgehead atoms. The lowest BCUT2D eigenvalue weighted by Gasteiger charge is -2.41. The molecule has 0 amide bonds. The molecule has 208 valence electrons. The molecule has 4 aromatic rings. The lowest BCUT2D eigenvalue weighted by Crippen LogP contribution is -2.46. The van der Waals surface area contributed by atoms with Crippen molar-refractivity contribution in [2.45, 2.75) is 36.2 Å². The van der Waals surface area contributed by atoms with Crippen LogP contribution in [0.1, 0.15) is 24.8 Å². The number of rotatable bonds is 8. The van der Waals surface area contributed by atoms with Crippen LogP contribution >= 0.6 is 0 Å². The summed E-state index contributed by atoms with van der Waals surface area (Å²) >= 11 is 0. The Morgan fingerprint density at radius 1 is 1.12 bits per heavy atom. The molecule has 2 aromatic heterocycles. The van der Waals surface area contributed by atoms with E-state index in [4.69, 9.17) is 5.10 Å². The topological polar surface area (TPSA) is 127 Å². The van der Waals surface area contributed by atoms with Gasteiger partial charge in [-0.3, -0.25) is 14.4 Å². The number of anilines is 2. The predicted molar refractivity (Wildman–Crippen MR) is 150 cm³/mol. The highest BCUT2D eigenvalue weighted by Crippen LogP contribution is 2.38. The van der Waals surface area contributed by atoms with Crippen LogP contribution in [0.4, 0.5) is 15.9 Å². The zero-order valence-corrected chi connectivity index (χ0v) is 23.1. The van der Waals surface area contributed by atoms with Crippen molar-refractivity contribution in [3.05, 3.63) is 82.5 Å². The third-order valence-electron chi connectivity index (χ3n) is 7.50. The minimum absolute atomic E-state index is 0.0447. The first-order valence-electron chi connectivity index (χ1n) is 12.9. The summed E-state index contributed by atoms with van der Waals surface area (Å²) in [4.78, 5) is 17.9. The molecule has 3 heterocycles. The molecule has 0 atom stereocenters. The first-order valence-corrected chi connectivity index (χ1v) is 14.3. The Morgan fingerprint density at radius 3 is 2.52 bits per heavy atom. The van der Waals surface area contributed by atoms with Gasteiger partial charge in [0, 0.05) is 45.5 Å². The van der Waals surface area contributed by atoms with Crippen molar-refractivity contribution in [3.63, 3.8) is 0 Å². The van der Waals surface area contributed by atoms with Gasteiger partial charge in [-0.15, -0.1) is 0 Å². The van der Waals surface area contributed by atoms with Gasteiger partial charge in [0.15, 0.2) is 5.82 Å². The Kier molecular flexibility index (Phi) is 7.46. The van der Waals surface area contributed by atoms with Gasteiger partial charge in [-0.05, 0) is 37.1 Å². The van der Waals surface area contributed by atoms with Crippen LogP contribution in [-0.2, 0) is 22.1 Å². The summed E-state index contributed by atoms with van der Waals surface area (Å²) < 4.78 is 43.1. The molecule has 0 unspecified atom stereocenters. The molecular formula is C28H30FN7O3S. The fourth-order valence-electron chi connectivity index (χ4n) is 5.25. The number of pyridine rings is 1. The highest BCUT2D eigenvalue weighted by molar-refractivity contribution is 7.89. The Balaban J connectivity index is 1.53. The number of H-pyrrole nitrogens is 1. The molecule has 12 heteroatoms. The molecule has 1 aliphatic rings. The van der Waals surface area contributed by atoms with Gasteiger partial charge in [-0.2, -0.15) is 10.4 Å². The van der Waals surface area contributed by atoms with Crippen LogP contribution in [0.5, 0.6) is 0 Å². The standard InChI is InChI=1S/C28H30FN7O3S/c1-34(2)40(38,39)24-10-6-5-9-22(24)32-26-25-23(11-16-31-27(25)37)36(33-26)28(12-15-30)13-17-35(18-14-28)19-20-7-3-4-8-21(20)29/h3-11,16H,12-14,17-19H2,1-2H3,(H,31,37)(H,32,33). The number of hydrogen-bond donors (Lipinski definition) is 2. The number of fused-ring (bicyclic) bond motifs is 1. The largest absolute Gasteiger partial charge is 0.337 e. The molecule has 0 spiro atoms. The van der Waals surface area contributed by atoms with Crippen LogP contribution in [-0.4, -0.2) is 59.6 Å². The van der Waals surface area contributed by atoms with Crippen molar-refractivity contribution in [2.24, 2.45) is 0 Å². The summed E-state index contributed by atoms with van der Waals surface area (Å²) in [7, 11) is -0.886. The normalized spacial score (nSPS) is 15.8. The first-order chi connectivity index (χ1) is 19.2. The minimum Gasteiger partial charge on any atom is -0.337 e. The monoisotopic (exact) mass is 563 g/mol. The van der Waals surface area contributed by atoms with Gasteiger partial charge in [0.05, 0.1) is 29.2 Å². The zero-order chi connectivity index (χ0) is 28.5. The van der Waals surface area contributed by atoms with Gasteiger partial charge in [0.2, 0.25) is 10.0 Å². The highest BCUT2D eigenvalue weighted by atomic mass is 32.2. The van der Waals surface area contributed by atoms with E-state index in [2.05, 4.69) is 21.3 Å². The van der Waals surface area contributed by atoms with Crippen molar-refractivity contribution in [1.29, 1.82) is 5.26 Å². The van der Waals surface area contributed by atoms with Gasteiger partial charge in [0.25, 0.3) is 5.56 Å². The third kappa shape index (κ3) is 4.99. The maximum absolute atomic E-state index is 14.3. The number of aromatic amines is 1. The van der Waals surface area contributed by atoms with E-state index < -0.39 is 15.6 Å². The van der Waals surface area contributed by atoms with Crippen LogP contribution in [0.15, 0.2) is 70.5 Å². The van der Waals surface area contributed by atoms with E-state index >= 15 is 0 Å². The van der Waals surface area contributed by atoms with E-state index in [1.165, 1.54) is 32.4 Å². The molecule has 2 aromatic carbocycles. The molecule has 1 fully saturated rings. The quantitative estimate of drug-likeness (QED) is 0.334. The summed E-state index contributed by atoms with van der Waals surface area (Å²) in [5.41, 5.74) is 0.339. The van der Waals surface area contributed by atoms with E-state index in [-0.39, 0.29) is 39.6 Å². The van der Waals surface area contributed by atoms with Crippen molar-refractivity contribution in [3.8, 4) is 6.07 Å². The Bertz CT molecular complexity index is 1750. The number of aromatic nitrogens is 3. The highest BCUT2D eigenvalue weighted by Gasteiger charge is 2.39. The second-order valence-electron chi connectivity index (χ2n) is 10.2. The van der Waals surface area contributed by atoms with Crippen molar-refractivity contribution < 1.29 is 12.8 Å². The van der Waals surface area contributed by atoms with Crippen LogP contribution in [0.3, 0.4) is 0 Å². The van der Waals surface area contributed by atoms with Gasteiger partial charge >= 0.3 is 0 Å². The van der Waals surface area contributed by atoms with Crippen LogP contribution in [0, 0.1) is 17.1 Å². The van der Waals surface area contributed by atoms with Crippen molar-refractivity contribution >= 4 is 32.4 Å². The van der Waals surface area contributed by atoms with E-state index in [0.717, 1.165) is 4.31 Å². The fourth-order valence-corrected chi connectivity index (χ4v) is 6.29. The average Bonchev–Trinajstić information content (AvgIpc) is 3.31. The van der Waals surface area contributed by atoms with Gasteiger partial charge in [-0.25, -0.2) is 17.1 Å². The van der Waals surface area contributed by atoms with Gasteiger partial charge in [0.1, 0.15) is 16.1 Å². The Hall–Kier alpha value is -4.05. The molecule has 5 rings (SSSR count). The number of nitrogens with zero attached hydrogens (tertiary/aromatic N) is 5. The van der Waals surface area contributed by atoms with Crippen molar-refractivity contribution in [1.82, 2.24) is 24.0 Å². The molecule has 2 N–H and O–H groups in total. The minimum atomic E-state index is -3.79. The summed E-state index contributed by atoms with van der Waals surface area (Å²) in [5.74, 6) is -0.0507. The number of para-hydroxylation sites is 1. The number of piperidine rings is 1. The number of sulfonamides is 1. The molecule has 40 heavy (non-hydrogen) atoms. The summed E-state index contributed by atoms with van der Waals surface area (Å²) in [6.45, 7) is 1.67. The summed E-state index contributed by atoms with van der Waals surface area (Å²) in [6, 6.07) is 17.2. The number of likely N-dealkylation sites (tertiary alicyclic amines) is 1. The van der Waals surface area contributed by atoms with E-state index in [1.807, 2.05) is 6.07 Å². The second-order valence-corrected chi connectivity index (χ2v) is 12.3. The molecule has 0 aliphatic carbocycles. The molecule has 10 nitrogen and oxygen atoms in total. The zero-order valence-electron chi connectivity index (χ0n) is 22.3. The van der Waals surface area contributed by atoms with E-state index in [1.54, 1.807) is 41.1 Å². The van der Waals surface area contributed by atoms with E-state index in [9.17, 15) is 22.9 Å². The molecule has 1 aliphatic heterocycles. The Labute approximate surface area is 231 Å². The molecule has 1 saturated heterocycles. The van der Waals surface area contributed by atoms with E-state index in [0.29, 0.717) is 43.6 Å². The molecular weight excluding hydrogens is 533 g/mol. The maximum atomic E-state index is 14.3. The molecule has 0 saturated carbocycles. The Morgan fingerprint density at radius 2 is 1.82 bits per heavy atom. The summed E-state index contributed by atoms with van der Waals surface area (Å²) in [6.07, 6.45) is 2.81. The first kappa shape index (κ1) is 27.5. The third-order valence-corrected chi connectivity index (χ3v) is 9.37.